The summed E-state index contributed by atoms with van der Waals surface area (Å²) in [4.78, 5) is 25.2. The number of carbonyl (C=O) groups is 2. The van der Waals surface area contributed by atoms with Gasteiger partial charge in [-0.2, -0.15) is 39.5 Å². The molecule has 3 aromatic rings. The standard InChI is InChI=1S/C23H17Cl2F6N3O.C2HF3O2/c24-17-4-1-5-18(25)15(17)10-12-33-21(35)34-19(13-6-8-14(9-7-13)22(26,27)28)20-16(23(29,30)31)3-2-11-32-20;3-2(4,5)1(6)7/h1-9,11,19H,10,12H2,(H2,33,34,35);(H,6,7)/t19-;/m0./s1. The summed E-state index contributed by atoms with van der Waals surface area (Å²) in [6, 6.07) is 7.80. The molecule has 0 aliphatic rings. The lowest BCUT2D eigenvalue weighted by Gasteiger charge is -2.23. The molecule has 0 unspecified atom stereocenters. The van der Waals surface area contributed by atoms with Gasteiger partial charge in [0.2, 0.25) is 0 Å². The van der Waals surface area contributed by atoms with Crippen molar-refractivity contribution < 1.29 is 54.2 Å². The molecule has 6 nitrogen and oxygen atoms in total. The van der Waals surface area contributed by atoms with Crippen LogP contribution in [0, 0.1) is 0 Å². The number of nitrogens with one attached hydrogen (secondary N) is 2. The van der Waals surface area contributed by atoms with Crippen LogP contribution in [-0.4, -0.2) is 34.8 Å². The highest BCUT2D eigenvalue weighted by Crippen LogP contribution is 2.36. The molecule has 3 rings (SSSR count). The summed E-state index contributed by atoms with van der Waals surface area (Å²) in [5, 5.41) is 12.8. The van der Waals surface area contributed by atoms with E-state index < -0.39 is 53.4 Å². The summed E-state index contributed by atoms with van der Waals surface area (Å²) in [6.07, 6.45) is -13.2. The molecule has 17 heteroatoms. The quantitative estimate of drug-likeness (QED) is 0.239. The Labute approximate surface area is 241 Å². The molecular weight excluding hydrogens is 632 g/mol. The van der Waals surface area contributed by atoms with Crippen LogP contribution in [0.25, 0.3) is 0 Å². The highest BCUT2D eigenvalue weighted by Gasteiger charge is 2.39. The maximum atomic E-state index is 13.6. The van der Waals surface area contributed by atoms with Crippen LogP contribution in [0.2, 0.25) is 10.0 Å². The average molecular weight is 650 g/mol. The van der Waals surface area contributed by atoms with Crippen molar-refractivity contribution in [3.05, 3.63) is 98.8 Å². The number of hydrogen-bond donors (Lipinski definition) is 3. The Balaban J connectivity index is 0.000000782. The lowest BCUT2D eigenvalue weighted by Crippen LogP contribution is -2.40. The third kappa shape index (κ3) is 9.98. The first-order chi connectivity index (χ1) is 19.3. The van der Waals surface area contributed by atoms with Gasteiger partial charge in [0.15, 0.2) is 0 Å². The molecule has 0 aliphatic heterocycles. The number of hydrogen-bond acceptors (Lipinski definition) is 3. The summed E-state index contributed by atoms with van der Waals surface area (Å²) in [5.41, 5.74) is -2.14. The fourth-order valence-corrected chi connectivity index (χ4v) is 3.90. The van der Waals surface area contributed by atoms with E-state index in [-0.39, 0.29) is 18.5 Å². The Morgan fingerprint density at radius 2 is 1.38 bits per heavy atom. The maximum absolute atomic E-state index is 13.6. The van der Waals surface area contributed by atoms with Crippen molar-refractivity contribution in [3.8, 4) is 0 Å². The van der Waals surface area contributed by atoms with Crippen LogP contribution >= 0.6 is 23.2 Å². The van der Waals surface area contributed by atoms with Gasteiger partial charge in [0.1, 0.15) is 0 Å². The van der Waals surface area contributed by atoms with Crippen molar-refractivity contribution in [3.63, 3.8) is 0 Å². The Kier molecular flexibility index (Phi) is 11.5. The van der Waals surface area contributed by atoms with E-state index in [9.17, 15) is 44.3 Å². The predicted octanol–water partition coefficient (Wildman–Crippen LogP) is 7.69. The molecular formula is C25H18Cl2F9N3O3. The molecule has 0 aliphatic carbocycles. The number of amides is 2. The number of benzene rings is 2. The minimum absolute atomic E-state index is 0.0218. The molecule has 1 heterocycles. The van der Waals surface area contributed by atoms with Crippen LogP contribution < -0.4 is 10.6 Å². The van der Waals surface area contributed by atoms with Crippen LogP contribution in [0.1, 0.15) is 34.0 Å². The van der Waals surface area contributed by atoms with E-state index in [2.05, 4.69) is 15.6 Å². The number of carboxylic acid groups (broad SMARTS) is 1. The molecule has 1 atom stereocenters. The lowest BCUT2D eigenvalue weighted by atomic mass is 9.98. The number of carbonyl (C=O) groups excluding carboxylic acids is 1. The van der Waals surface area contributed by atoms with Gasteiger partial charge in [0.05, 0.1) is 22.9 Å². The van der Waals surface area contributed by atoms with Crippen LogP contribution in [0.4, 0.5) is 44.3 Å². The van der Waals surface area contributed by atoms with Gasteiger partial charge in [-0.15, -0.1) is 0 Å². The lowest BCUT2D eigenvalue weighted by molar-refractivity contribution is -0.192. The molecule has 2 amide bonds. The first-order valence-electron chi connectivity index (χ1n) is 11.3. The Morgan fingerprint density at radius 1 is 0.833 bits per heavy atom. The molecule has 0 saturated carbocycles. The fourth-order valence-electron chi connectivity index (χ4n) is 3.32. The van der Waals surface area contributed by atoms with E-state index in [1.807, 2.05) is 0 Å². The number of rotatable bonds is 6. The highest BCUT2D eigenvalue weighted by atomic mass is 35.5. The van der Waals surface area contributed by atoms with Gasteiger partial charge in [-0.1, -0.05) is 41.4 Å². The minimum Gasteiger partial charge on any atom is -0.475 e. The van der Waals surface area contributed by atoms with Gasteiger partial charge >= 0.3 is 30.5 Å². The van der Waals surface area contributed by atoms with Crippen molar-refractivity contribution in [2.45, 2.75) is 31.0 Å². The number of aliphatic carboxylic acids is 1. The highest BCUT2D eigenvalue weighted by molar-refractivity contribution is 6.36. The number of carboxylic acids is 1. The zero-order valence-electron chi connectivity index (χ0n) is 20.6. The molecule has 0 radical (unpaired) electrons. The summed E-state index contributed by atoms with van der Waals surface area (Å²) < 4.78 is 111. The van der Waals surface area contributed by atoms with E-state index in [1.54, 1.807) is 18.2 Å². The van der Waals surface area contributed by atoms with Gasteiger partial charge in [0.25, 0.3) is 0 Å². The molecule has 2 aromatic carbocycles. The first kappa shape index (κ1) is 34.5. The Bertz CT molecular complexity index is 1360. The van der Waals surface area contributed by atoms with Crippen molar-refractivity contribution in [1.82, 2.24) is 15.6 Å². The van der Waals surface area contributed by atoms with Gasteiger partial charge in [0, 0.05) is 22.8 Å². The second kappa shape index (κ2) is 14.0. The third-order valence-corrected chi connectivity index (χ3v) is 5.94. The third-order valence-electron chi connectivity index (χ3n) is 5.23. The maximum Gasteiger partial charge on any atom is 0.490 e. The number of nitrogens with zero attached hydrogens (tertiary/aromatic N) is 1. The van der Waals surface area contributed by atoms with Gasteiger partial charge in [-0.25, -0.2) is 9.59 Å². The smallest absolute Gasteiger partial charge is 0.475 e. The molecule has 0 saturated heterocycles. The minimum atomic E-state index is -5.08. The van der Waals surface area contributed by atoms with Crippen molar-refractivity contribution in [2.75, 3.05) is 6.54 Å². The van der Waals surface area contributed by atoms with Gasteiger partial charge < -0.3 is 15.7 Å². The Morgan fingerprint density at radius 3 is 1.86 bits per heavy atom. The zero-order chi connectivity index (χ0) is 31.9. The zero-order valence-corrected chi connectivity index (χ0v) is 22.1. The molecule has 0 fully saturated rings. The Hall–Kier alpha value is -3.72. The monoisotopic (exact) mass is 649 g/mol. The molecule has 42 heavy (non-hydrogen) atoms. The molecule has 0 spiro atoms. The summed E-state index contributed by atoms with van der Waals surface area (Å²) in [5.74, 6) is -2.76. The second-order valence-corrected chi connectivity index (χ2v) is 8.95. The normalized spacial score (nSPS) is 12.5. The molecule has 228 valence electrons. The number of aromatic nitrogens is 1. The van der Waals surface area contributed by atoms with Crippen LogP contribution in [0.5, 0.6) is 0 Å². The molecule has 1 aromatic heterocycles. The van der Waals surface area contributed by atoms with Crippen LogP contribution in [0.3, 0.4) is 0 Å². The largest absolute Gasteiger partial charge is 0.490 e. The number of alkyl halides is 9. The van der Waals surface area contributed by atoms with Crippen molar-refractivity contribution >= 4 is 35.2 Å². The number of halogens is 11. The van der Waals surface area contributed by atoms with E-state index in [4.69, 9.17) is 33.1 Å². The van der Waals surface area contributed by atoms with E-state index in [0.29, 0.717) is 15.6 Å². The summed E-state index contributed by atoms with van der Waals surface area (Å²) >= 11 is 12.2. The van der Waals surface area contributed by atoms with Crippen molar-refractivity contribution in [1.29, 1.82) is 0 Å². The summed E-state index contributed by atoms with van der Waals surface area (Å²) in [7, 11) is 0. The van der Waals surface area contributed by atoms with E-state index in [1.165, 1.54) is 0 Å². The number of pyridine rings is 1. The predicted molar refractivity (Wildman–Crippen MR) is 133 cm³/mol. The van der Waals surface area contributed by atoms with Gasteiger partial charge in [-0.05, 0) is 53.9 Å². The average Bonchev–Trinajstić information content (AvgIpc) is 2.88. The summed E-state index contributed by atoms with van der Waals surface area (Å²) in [6.45, 7) is 0.0311. The van der Waals surface area contributed by atoms with E-state index >= 15 is 0 Å². The van der Waals surface area contributed by atoms with Gasteiger partial charge in [-0.3, -0.25) is 4.98 Å². The molecule has 3 N–H and O–H groups in total. The molecule has 0 bridgehead atoms. The van der Waals surface area contributed by atoms with E-state index in [0.717, 1.165) is 42.6 Å². The fraction of sp³-hybridized carbons (Fsp3) is 0.240. The SMILES string of the molecule is O=C(NCCc1c(Cl)cccc1Cl)N[C@@H](c1ccc(C(F)(F)F)cc1)c1ncccc1C(F)(F)F.O=C(O)C(F)(F)F. The second-order valence-electron chi connectivity index (χ2n) is 8.14. The van der Waals surface area contributed by atoms with Crippen molar-refractivity contribution in [2.24, 2.45) is 0 Å². The first-order valence-corrected chi connectivity index (χ1v) is 12.0. The number of urea groups is 1. The van der Waals surface area contributed by atoms with Crippen LogP contribution in [0.15, 0.2) is 60.8 Å². The van der Waals surface area contributed by atoms with Crippen LogP contribution in [-0.2, 0) is 23.6 Å². The topological polar surface area (TPSA) is 91.3 Å².